The maximum absolute atomic E-state index is 5.25. The lowest BCUT2D eigenvalue weighted by molar-refractivity contribution is 0.236. The van der Waals surface area contributed by atoms with Gasteiger partial charge < -0.3 is 4.52 Å². The number of fused-ring (bicyclic) bond motifs is 1. The van der Waals surface area contributed by atoms with E-state index in [-0.39, 0.29) is 0 Å². The molecular formula is C16H21N3OS. The highest BCUT2D eigenvalue weighted by Gasteiger charge is 2.29. The predicted octanol–water partition coefficient (Wildman–Crippen LogP) is 3.66. The van der Waals surface area contributed by atoms with Gasteiger partial charge in [-0.2, -0.15) is 0 Å². The Morgan fingerprint density at radius 3 is 3.05 bits per heavy atom. The van der Waals surface area contributed by atoms with E-state index in [0.717, 1.165) is 24.5 Å². The average molecular weight is 303 g/mol. The van der Waals surface area contributed by atoms with Crippen molar-refractivity contribution in [3.05, 3.63) is 33.1 Å². The van der Waals surface area contributed by atoms with Crippen molar-refractivity contribution in [2.45, 2.75) is 58.0 Å². The number of likely N-dealkylation sites (tertiary alicyclic amines) is 1. The molecule has 2 aromatic heterocycles. The Bertz CT molecular complexity index is 610. The van der Waals surface area contributed by atoms with Crippen molar-refractivity contribution in [1.29, 1.82) is 0 Å². The molecule has 2 aliphatic rings. The number of nitrogens with zero attached hydrogens (tertiary/aromatic N) is 3. The first-order chi connectivity index (χ1) is 10.3. The molecule has 0 amide bonds. The van der Waals surface area contributed by atoms with Gasteiger partial charge in [-0.05, 0) is 52.0 Å². The molecule has 1 fully saturated rings. The molecule has 21 heavy (non-hydrogen) atoms. The van der Waals surface area contributed by atoms with E-state index in [4.69, 9.17) is 9.51 Å². The standard InChI is InChI=1S/C16H21N3OS/c1-11-9-13(18-20-11)14-6-4-8-19(14)10-16-17-12-5-2-3-7-15(12)21-16/h9,14H,2-8,10H2,1H3/t14-/m0/s1. The van der Waals surface area contributed by atoms with Crippen LogP contribution in [0.4, 0.5) is 0 Å². The van der Waals surface area contributed by atoms with Crippen LogP contribution in [0.1, 0.15) is 58.8 Å². The van der Waals surface area contributed by atoms with Gasteiger partial charge in [-0.25, -0.2) is 4.98 Å². The number of hydrogen-bond acceptors (Lipinski definition) is 5. The Morgan fingerprint density at radius 2 is 2.24 bits per heavy atom. The highest BCUT2D eigenvalue weighted by atomic mass is 32.1. The third kappa shape index (κ3) is 2.64. The molecule has 1 saturated heterocycles. The van der Waals surface area contributed by atoms with Gasteiger partial charge in [0.25, 0.3) is 0 Å². The summed E-state index contributed by atoms with van der Waals surface area (Å²) in [6.45, 7) is 4.07. The monoisotopic (exact) mass is 303 g/mol. The normalized spacial score (nSPS) is 22.6. The molecule has 0 spiro atoms. The van der Waals surface area contributed by atoms with E-state index < -0.39 is 0 Å². The van der Waals surface area contributed by atoms with E-state index in [0.29, 0.717) is 6.04 Å². The lowest BCUT2D eigenvalue weighted by Crippen LogP contribution is -2.22. The van der Waals surface area contributed by atoms with Crippen LogP contribution in [0.25, 0.3) is 0 Å². The Morgan fingerprint density at radius 1 is 1.33 bits per heavy atom. The zero-order valence-corrected chi connectivity index (χ0v) is 13.3. The molecule has 3 heterocycles. The van der Waals surface area contributed by atoms with Crippen molar-refractivity contribution in [2.75, 3.05) is 6.54 Å². The average Bonchev–Trinajstić information content (AvgIpc) is 3.17. The molecule has 0 aromatic carbocycles. The summed E-state index contributed by atoms with van der Waals surface area (Å²) in [7, 11) is 0. The summed E-state index contributed by atoms with van der Waals surface area (Å²) in [6, 6.07) is 2.49. The van der Waals surface area contributed by atoms with Crippen molar-refractivity contribution in [3.63, 3.8) is 0 Å². The van der Waals surface area contributed by atoms with Crippen molar-refractivity contribution >= 4 is 11.3 Å². The molecule has 0 saturated carbocycles. The van der Waals surface area contributed by atoms with Gasteiger partial charge in [0.15, 0.2) is 0 Å². The molecule has 1 aliphatic carbocycles. The quantitative estimate of drug-likeness (QED) is 0.868. The largest absolute Gasteiger partial charge is 0.361 e. The van der Waals surface area contributed by atoms with E-state index in [1.807, 2.05) is 18.3 Å². The lowest BCUT2D eigenvalue weighted by atomic mass is 10.0. The molecule has 0 N–H and O–H groups in total. The molecule has 4 nitrogen and oxygen atoms in total. The molecule has 1 aliphatic heterocycles. The molecule has 112 valence electrons. The van der Waals surface area contributed by atoms with Crippen LogP contribution in [0.2, 0.25) is 0 Å². The van der Waals surface area contributed by atoms with Crippen LogP contribution in [0.5, 0.6) is 0 Å². The summed E-state index contributed by atoms with van der Waals surface area (Å²) in [5.41, 5.74) is 2.46. The topological polar surface area (TPSA) is 42.2 Å². The van der Waals surface area contributed by atoms with E-state index in [1.54, 1.807) is 0 Å². The molecular weight excluding hydrogens is 282 g/mol. The maximum Gasteiger partial charge on any atom is 0.133 e. The minimum Gasteiger partial charge on any atom is -0.361 e. The molecule has 5 heteroatoms. The molecule has 0 unspecified atom stereocenters. The van der Waals surface area contributed by atoms with Crippen LogP contribution in [0.15, 0.2) is 10.6 Å². The summed E-state index contributed by atoms with van der Waals surface area (Å²) < 4.78 is 5.25. The zero-order chi connectivity index (χ0) is 14.2. The lowest BCUT2D eigenvalue weighted by Gasteiger charge is -2.21. The van der Waals surface area contributed by atoms with E-state index >= 15 is 0 Å². The van der Waals surface area contributed by atoms with Gasteiger partial charge in [-0.15, -0.1) is 11.3 Å². The Hall–Kier alpha value is -1.20. The van der Waals surface area contributed by atoms with Gasteiger partial charge in [0, 0.05) is 10.9 Å². The van der Waals surface area contributed by atoms with Crippen LogP contribution in [0.3, 0.4) is 0 Å². The number of aryl methyl sites for hydroxylation is 3. The minimum absolute atomic E-state index is 0.406. The third-order valence-electron chi connectivity index (χ3n) is 4.58. The van der Waals surface area contributed by atoms with Crippen molar-refractivity contribution in [1.82, 2.24) is 15.0 Å². The predicted molar refractivity (Wildman–Crippen MR) is 82.4 cm³/mol. The van der Waals surface area contributed by atoms with Crippen molar-refractivity contribution in [2.24, 2.45) is 0 Å². The summed E-state index contributed by atoms with van der Waals surface area (Å²) in [5, 5.41) is 5.51. The summed E-state index contributed by atoms with van der Waals surface area (Å²) in [5.74, 6) is 0.904. The first-order valence-electron chi connectivity index (χ1n) is 7.94. The van der Waals surface area contributed by atoms with Gasteiger partial charge in [-0.3, -0.25) is 4.90 Å². The first-order valence-corrected chi connectivity index (χ1v) is 8.76. The molecule has 0 bridgehead atoms. The second-order valence-corrected chi connectivity index (χ2v) is 7.34. The summed E-state index contributed by atoms with van der Waals surface area (Å²) in [4.78, 5) is 8.93. The Labute approximate surface area is 129 Å². The van der Waals surface area contributed by atoms with Gasteiger partial charge >= 0.3 is 0 Å². The van der Waals surface area contributed by atoms with Crippen LogP contribution in [-0.4, -0.2) is 21.6 Å². The van der Waals surface area contributed by atoms with Crippen molar-refractivity contribution in [3.8, 4) is 0 Å². The van der Waals surface area contributed by atoms with Gasteiger partial charge in [0.2, 0.25) is 0 Å². The molecule has 0 radical (unpaired) electrons. The zero-order valence-electron chi connectivity index (χ0n) is 12.5. The number of thiazole rings is 1. The highest BCUT2D eigenvalue weighted by molar-refractivity contribution is 7.11. The Balaban J connectivity index is 1.51. The number of rotatable bonds is 3. The second kappa shape index (κ2) is 5.54. The number of aromatic nitrogens is 2. The molecule has 2 aromatic rings. The maximum atomic E-state index is 5.25. The van der Waals surface area contributed by atoms with Crippen LogP contribution >= 0.6 is 11.3 Å². The summed E-state index contributed by atoms with van der Waals surface area (Å²) in [6.07, 6.45) is 7.47. The van der Waals surface area contributed by atoms with E-state index in [2.05, 4.69) is 16.1 Å². The molecule has 1 atom stereocenters. The molecule has 4 rings (SSSR count). The SMILES string of the molecule is Cc1cc([C@@H]2CCCN2Cc2nc3c(s2)CCCC3)no1. The highest BCUT2D eigenvalue weighted by Crippen LogP contribution is 2.34. The van der Waals surface area contributed by atoms with Crippen LogP contribution in [-0.2, 0) is 19.4 Å². The van der Waals surface area contributed by atoms with Crippen LogP contribution < -0.4 is 0 Å². The fourth-order valence-electron chi connectivity index (χ4n) is 3.54. The summed E-state index contributed by atoms with van der Waals surface area (Å²) >= 11 is 1.93. The van der Waals surface area contributed by atoms with E-state index in [1.165, 1.54) is 54.1 Å². The minimum atomic E-state index is 0.406. The van der Waals surface area contributed by atoms with Gasteiger partial charge in [-0.1, -0.05) is 5.16 Å². The third-order valence-corrected chi connectivity index (χ3v) is 5.72. The fourth-order valence-corrected chi connectivity index (χ4v) is 4.72. The first kappa shape index (κ1) is 13.5. The van der Waals surface area contributed by atoms with Gasteiger partial charge in [0.1, 0.15) is 16.5 Å². The van der Waals surface area contributed by atoms with Crippen LogP contribution in [0, 0.1) is 6.92 Å². The van der Waals surface area contributed by atoms with Gasteiger partial charge in [0.05, 0.1) is 18.3 Å². The van der Waals surface area contributed by atoms with Crippen molar-refractivity contribution < 1.29 is 4.52 Å². The Kier molecular flexibility index (Phi) is 3.55. The van der Waals surface area contributed by atoms with E-state index in [9.17, 15) is 0 Å². The fraction of sp³-hybridized carbons (Fsp3) is 0.625. The smallest absolute Gasteiger partial charge is 0.133 e. The number of hydrogen-bond donors (Lipinski definition) is 0. The second-order valence-electron chi connectivity index (χ2n) is 6.18.